The summed E-state index contributed by atoms with van der Waals surface area (Å²) in [5, 5.41) is 9.59. The summed E-state index contributed by atoms with van der Waals surface area (Å²) in [6, 6.07) is 4.14. The van der Waals surface area contributed by atoms with Gasteiger partial charge >= 0.3 is 0 Å². The second kappa shape index (κ2) is 3.07. The molecule has 2 heteroatoms. The summed E-state index contributed by atoms with van der Waals surface area (Å²) in [6.07, 6.45) is 2.01. The third-order valence-electron chi connectivity index (χ3n) is 4.73. The third-order valence-corrected chi connectivity index (χ3v) is 4.73. The SMILES string of the molecule is CC(O)c1ccc2c(n1)[C@@H]1C[C@H](C2)C1(C)C. The molecule has 2 nitrogen and oxygen atoms in total. The van der Waals surface area contributed by atoms with Crippen molar-refractivity contribution >= 4 is 0 Å². The van der Waals surface area contributed by atoms with Gasteiger partial charge in [0.15, 0.2) is 0 Å². The highest BCUT2D eigenvalue weighted by molar-refractivity contribution is 5.36. The first-order valence-electron chi connectivity index (χ1n) is 6.18. The standard InChI is InChI=1S/C14H19NO/c1-8(16)12-5-4-9-6-10-7-11(13(9)15-12)14(10,2)3/h4-5,8,10-11,16H,6-7H2,1-3H3/t8?,10-,11-/m0/s1. The molecule has 0 radical (unpaired) electrons. The lowest BCUT2D eigenvalue weighted by Gasteiger charge is -2.56. The first-order valence-corrected chi connectivity index (χ1v) is 6.18. The highest BCUT2D eigenvalue weighted by Gasteiger charge is 2.53. The molecule has 2 bridgehead atoms. The van der Waals surface area contributed by atoms with E-state index in [0.29, 0.717) is 11.3 Å². The largest absolute Gasteiger partial charge is 0.387 e. The van der Waals surface area contributed by atoms with E-state index in [4.69, 9.17) is 0 Å². The summed E-state index contributed by atoms with van der Waals surface area (Å²) in [5.74, 6) is 1.45. The smallest absolute Gasteiger partial charge is 0.0931 e. The van der Waals surface area contributed by atoms with Crippen molar-refractivity contribution in [2.75, 3.05) is 0 Å². The molecule has 0 saturated heterocycles. The number of aromatic nitrogens is 1. The van der Waals surface area contributed by atoms with E-state index in [0.717, 1.165) is 11.6 Å². The number of pyridine rings is 1. The molecule has 0 aromatic carbocycles. The molecule has 1 heterocycles. The topological polar surface area (TPSA) is 33.1 Å². The van der Waals surface area contributed by atoms with Crippen LogP contribution in [0.4, 0.5) is 0 Å². The fourth-order valence-corrected chi connectivity index (χ4v) is 3.32. The van der Waals surface area contributed by atoms with Gasteiger partial charge in [-0.3, -0.25) is 4.98 Å². The fourth-order valence-electron chi connectivity index (χ4n) is 3.32. The summed E-state index contributed by atoms with van der Waals surface area (Å²) < 4.78 is 0. The van der Waals surface area contributed by atoms with E-state index in [2.05, 4.69) is 24.9 Å². The van der Waals surface area contributed by atoms with E-state index < -0.39 is 6.10 Å². The van der Waals surface area contributed by atoms with Crippen molar-refractivity contribution in [2.24, 2.45) is 11.3 Å². The minimum Gasteiger partial charge on any atom is -0.387 e. The maximum absolute atomic E-state index is 9.59. The predicted octanol–water partition coefficient (Wildman–Crippen LogP) is 2.82. The first kappa shape index (κ1) is 10.3. The van der Waals surface area contributed by atoms with Gasteiger partial charge in [-0.1, -0.05) is 19.9 Å². The van der Waals surface area contributed by atoms with Crippen LogP contribution in [0.3, 0.4) is 0 Å². The molecule has 1 fully saturated rings. The molecule has 4 rings (SSSR count). The van der Waals surface area contributed by atoms with Gasteiger partial charge in [-0.2, -0.15) is 0 Å². The average molecular weight is 217 g/mol. The number of rotatable bonds is 1. The van der Waals surface area contributed by atoms with Gasteiger partial charge < -0.3 is 5.11 Å². The zero-order chi connectivity index (χ0) is 11.5. The lowest BCUT2D eigenvalue weighted by molar-refractivity contribution is 0.0150. The van der Waals surface area contributed by atoms with E-state index in [1.165, 1.54) is 24.1 Å². The van der Waals surface area contributed by atoms with Crippen molar-refractivity contribution in [1.82, 2.24) is 4.98 Å². The van der Waals surface area contributed by atoms with E-state index in [-0.39, 0.29) is 0 Å². The molecule has 3 aliphatic rings. The van der Waals surface area contributed by atoms with Gasteiger partial charge in [0.1, 0.15) is 0 Å². The molecule has 0 spiro atoms. The monoisotopic (exact) mass is 217 g/mol. The minimum atomic E-state index is -0.453. The third kappa shape index (κ3) is 1.20. The van der Waals surface area contributed by atoms with Crippen LogP contribution >= 0.6 is 0 Å². The Bertz CT molecular complexity index is 436. The normalized spacial score (nSPS) is 31.5. The summed E-state index contributed by atoms with van der Waals surface area (Å²) in [5.41, 5.74) is 3.90. The zero-order valence-corrected chi connectivity index (χ0v) is 10.2. The van der Waals surface area contributed by atoms with E-state index in [9.17, 15) is 5.11 Å². The molecule has 3 atom stereocenters. The second-order valence-corrected chi connectivity index (χ2v) is 5.97. The van der Waals surface area contributed by atoms with Crippen molar-refractivity contribution in [1.29, 1.82) is 0 Å². The molecule has 1 unspecified atom stereocenters. The Kier molecular flexibility index (Phi) is 1.97. The number of aliphatic hydroxyl groups is 1. The van der Waals surface area contributed by atoms with Crippen molar-refractivity contribution in [3.05, 3.63) is 29.1 Å². The van der Waals surface area contributed by atoms with Gasteiger partial charge in [0.25, 0.3) is 0 Å². The quantitative estimate of drug-likeness (QED) is 0.784. The lowest BCUT2D eigenvalue weighted by atomic mass is 9.48. The Morgan fingerprint density at radius 1 is 1.44 bits per heavy atom. The average Bonchev–Trinajstić information content (AvgIpc) is 2.27. The van der Waals surface area contributed by atoms with E-state index >= 15 is 0 Å². The van der Waals surface area contributed by atoms with Crippen molar-refractivity contribution < 1.29 is 5.11 Å². The van der Waals surface area contributed by atoms with Crippen LogP contribution in [0.15, 0.2) is 12.1 Å². The van der Waals surface area contributed by atoms with Crippen LogP contribution in [0.2, 0.25) is 0 Å². The lowest BCUT2D eigenvalue weighted by Crippen LogP contribution is -2.48. The highest BCUT2D eigenvalue weighted by Crippen LogP contribution is 2.61. The number of hydrogen-bond acceptors (Lipinski definition) is 2. The Balaban J connectivity index is 2.06. The molecule has 1 saturated carbocycles. The van der Waals surface area contributed by atoms with Gasteiger partial charge in [-0.05, 0) is 42.7 Å². The van der Waals surface area contributed by atoms with Gasteiger partial charge in [-0.25, -0.2) is 0 Å². The highest BCUT2D eigenvalue weighted by atomic mass is 16.3. The van der Waals surface area contributed by atoms with Crippen LogP contribution in [0.25, 0.3) is 0 Å². The van der Waals surface area contributed by atoms with Gasteiger partial charge in [0.05, 0.1) is 11.8 Å². The molecule has 1 aromatic rings. The molecule has 16 heavy (non-hydrogen) atoms. The minimum absolute atomic E-state index is 0.414. The van der Waals surface area contributed by atoms with E-state index in [1.54, 1.807) is 6.92 Å². The maximum Gasteiger partial charge on any atom is 0.0931 e. The van der Waals surface area contributed by atoms with Gasteiger partial charge in [-0.15, -0.1) is 0 Å². The molecule has 0 amide bonds. The summed E-state index contributed by atoms with van der Waals surface area (Å²) in [7, 11) is 0. The Morgan fingerprint density at radius 3 is 2.81 bits per heavy atom. The van der Waals surface area contributed by atoms with Crippen LogP contribution < -0.4 is 0 Å². The van der Waals surface area contributed by atoms with Crippen LogP contribution in [0.5, 0.6) is 0 Å². The molecule has 1 aromatic heterocycles. The molecule has 1 N–H and O–H groups in total. The van der Waals surface area contributed by atoms with Crippen LogP contribution in [-0.4, -0.2) is 10.1 Å². The molecular weight excluding hydrogens is 198 g/mol. The molecular formula is C14H19NO. The summed E-state index contributed by atoms with van der Waals surface area (Å²) in [6.45, 7) is 6.49. The van der Waals surface area contributed by atoms with Gasteiger partial charge in [0.2, 0.25) is 0 Å². The van der Waals surface area contributed by atoms with Crippen LogP contribution in [-0.2, 0) is 6.42 Å². The van der Waals surface area contributed by atoms with Crippen molar-refractivity contribution in [3.63, 3.8) is 0 Å². The van der Waals surface area contributed by atoms with Crippen LogP contribution in [0, 0.1) is 11.3 Å². The first-order chi connectivity index (χ1) is 7.50. The number of hydrogen-bond donors (Lipinski definition) is 1. The molecule has 3 aliphatic carbocycles. The molecule has 86 valence electrons. The van der Waals surface area contributed by atoms with Crippen LogP contribution in [0.1, 0.15) is 56.2 Å². The van der Waals surface area contributed by atoms with Gasteiger partial charge in [0, 0.05) is 11.6 Å². The second-order valence-electron chi connectivity index (χ2n) is 5.97. The zero-order valence-electron chi connectivity index (χ0n) is 10.2. The Morgan fingerprint density at radius 2 is 2.19 bits per heavy atom. The number of nitrogens with zero attached hydrogens (tertiary/aromatic N) is 1. The maximum atomic E-state index is 9.59. The fraction of sp³-hybridized carbons (Fsp3) is 0.643. The Hall–Kier alpha value is -0.890. The summed E-state index contributed by atoms with van der Waals surface area (Å²) >= 11 is 0. The summed E-state index contributed by atoms with van der Waals surface area (Å²) in [4.78, 5) is 4.68. The van der Waals surface area contributed by atoms with Crippen molar-refractivity contribution in [2.45, 2.75) is 45.6 Å². The predicted molar refractivity (Wildman–Crippen MR) is 63.2 cm³/mol. The molecule has 0 aliphatic heterocycles. The number of aliphatic hydroxyl groups excluding tert-OH is 1. The Labute approximate surface area is 96.7 Å². The van der Waals surface area contributed by atoms with Crippen molar-refractivity contribution in [3.8, 4) is 0 Å². The van der Waals surface area contributed by atoms with E-state index in [1.807, 2.05) is 6.07 Å².